The third-order valence-electron chi connectivity index (χ3n) is 2.14. The number of aryl methyl sites for hydroxylation is 1. The topological polar surface area (TPSA) is 63.1 Å². The van der Waals surface area contributed by atoms with Crippen LogP contribution in [0.25, 0.3) is 5.78 Å². The number of hydrogen-bond donors (Lipinski definition) is 1. The number of H-pyrrole nitrogens is 1. The molecule has 74 valence electrons. The molecule has 0 saturated heterocycles. The summed E-state index contributed by atoms with van der Waals surface area (Å²) in [4.78, 5) is 20.1. The van der Waals surface area contributed by atoms with Gasteiger partial charge in [-0.05, 0) is 20.1 Å². The van der Waals surface area contributed by atoms with Crippen molar-refractivity contribution in [3.05, 3.63) is 21.6 Å². The number of fused-ring (bicyclic) bond motifs is 1. The van der Waals surface area contributed by atoms with Gasteiger partial charge in [-0.1, -0.05) is 11.8 Å². The molecule has 2 rings (SSSR count). The van der Waals surface area contributed by atoms with E-state index in [1.807, 2.05) is 13.2 Å². The molecular formula is C8H10N4OS. The highest BCUT2D eigenvalue weighted by molar-refractivity contribution is 7.98. The van der Waals surface area contributed by atoms with Gasteiger partial charge in [0.1, 0.15) is 0 Å². The normalized spacial score (nSPS) is 11.1. The van der Waals surface area contributed by atoms with Gasteiger partial charge in [0.15, 0.2) is 5.16 Å². The highest BCUT2D eigenvalue weighted by Gasteiger charge is 2.08. The maximum Gasteiger partial charge on any atom is 0.277 e. The summed E-state index contributed by atoms with van der Waals surface area (Å²) in [5, 5.41) is 3.57. The van der Waals surface area contributed by atoms with Gasteiger partial charge in [0, 0.05) is 11.3 Å². The van der Waals surface area contributed by atoms with Crippen LogP contribution in [0.15, 0.2) is 9.95 Å². The van der Waals surface area contributed by atoms with Gasteiger partial charge >= 0.3 is 0 Å². The third-order valence-corrected chi connectivity index (χ3v) is 2.71. The Bertz CT molecular complexity index is 542. The standard InChI is InChI=1S/C8H10N4OS/c1-4-5(2)9-7-10-8(14-3)11-12(7)6(4)13/h1-3H3,(H,9,10,11). The summed E-state index contributed by atoms with van der Waals surface area (Å²) in [7, 11) is 0. The molecule has 0 bridgehead atoms. The average Bonchev–Trinajstić information content (AvgIpc) is 2.57. The number of rotatable bonds is 1. The van der Waals surface area contributed by atoms with E-state index in [0.717, 1.165) is 5.69 Å². The predicted molar refractivity (Wildman–Crippen MR) is 54.9 cm³/mol. The molecule has 0 aromatic carbocycles. The SMILES string of the molecule is CSc1nc2nc(C)c(C)c(=O)n2[nH]1. The zero-order chi connectivity index (χ0) is 10.3. The summed E-state index contributed by atoms with van der Waals surface area (Å²) < 4.78 is 1.37. The molecule has 0 fully saturated rings. The van der Waals surface area contributed by atoms with Crippen LogP contribution in [0.1, 0.15) is 11.3 Å². The van der Waals surface area contributed by atoms with Crippen molar-refractivity contribution in [1.29, 1.82) is 0 Å². The number of thioether (sulfide) groups is 1. The van der Waals surface area contributed by atoms with E-state index in [9.17, 15) is 4.79 Å². The van der Waals surface area contributed by atoms with Crippen molar-refractivity contribution in [3.63, 3.8) is 0 Å². The molecule has 0 aliphatic carbocycles. The van der Waals surface area contributed by atoms with E-state index in [0.29, 0.717) is 16.5 Å². The molecule has 0 amide bonds. The molecule has 2 aromatic heterocycles. The van der Waals surface area contributed by atoms with Crippen LogP contribution in [0, 0.1) is 13.8 Å². The van der Waals surface area contributed by atoms with Crippen molar-refractivity contribution in [1.82, 2.24) is 19.6 Å². The molecule has 2 aromatic rings. The van der Waals surface area contributed by atoms with Gasteiger partial charge < -0.3 is 0 Å². The fraction of sp³-hybridized carbons (Fsp3) is 0.375. The van der Waals surface area contributed by atoms with E-state index in [1.165, 1.54) is 16.3 Å². The highest BCUT2D eigenvalue weighted by atomic mass is 32.2. The van der Waals surface area contributed by atoms with Crippen molar-refractivity contribution in [2.45, 2.75) is 19.0 Å². The molecule has 0 saturated carbocycles. The first-order chi connectivity index (χ1) is 6.63. The molecule has 0 atom stereocenters. The molecule has 0 radical (unpaired) electrons. The number of hydrogen-bond acceptors (Lipinski definition) is 4. The lowest BCUT2D eigenvalue weighted by Gasteiger charge is -1.96. The minimum Gasteiger partial charge on any atom is -0.267 e. The number of nitrogens with zero attached hydrogens (tertiary/aromatic N) is 3. The maximum atomic E-state index is 11.7. The van der Waals surface area contributed by atoms with E-state index in [2.05, 4.69) is 15.1 Å². The molecule has 0 aliphatic heterocycles. The van der Waals surface area contributed by atoms with Gasteiger partial charge in [0.05, 0.1) is 0 Å². The third kappa shape index (κ3) is 1.22. The van der Waals surface area contributed by atoms with Crippen LogP contribution in [0.2, 0.25) is 0 Å². The first-order valence-electron chi connectivity index (χ1n) is 4.13. The summed E-state index contributed by atoms with van der Waals surface area (Å²) in [6, 6.07) is 0. The van der Waals surface area contributed by atoms with E-state index in [-0.39, 0.29) is 5.56 Å². The summed E-state index contributed by atoms with van der Waals surface area (Å²) in [5.41, 5.74) is 1.30. The van der Waals surface area contributed by atoms with Gasteiger partial charge in [-0.25, -0.2) is 4.98 Å². The Balaban J connectivity index is 2.88. The van der Waals surface area contributed by atoms with Crippen molar-refractivity contribution in [2.75, 3.05) is 6.26 Å². The Hall–Kier alpha value is -1.30. The number of nitrogens with one attached hydrogen (secondary N) is 1. The van der Waals surface area contributed by atoms with Crippen LogP contribution in [-0.4, -0.2) is 25.8 Å². The van der Waals surface area contributed by atoms with E-state index >= 15 is 0 Å². The van der Waals surface area contributed by atoms with Crippen molar-refractivity contribution in [2.24, 2.45) is 0 Å². The van der Waals surface area contributed by atoms with Gasteiger partial charge in [0.25, 0.3) is 11.3 Å². The van der Waals surface area contributed by atoms with E-state index < -0.39 is 0 Å². The lowest BCUT2D eigenvalue weighted by atomic mass is 10.3. The van der Waals surface area contributed by atoms with Crippen molar-refractivity contribution in [3.8, 4) is 0 Å². The average molecular weight is 210 g/mol. The number of aromatic amines is 1. The Morgan fingerprint density at radius 3 is 2.71 bits per heavy atom. The molecule has 6 heteroatoms. The second-order valence-electron chi connectivity index (χ2n) is 3.00. The molecule has 0 aliphatic rings. The van der Waals surface area contributed by atoms with E-state index in [4.69, 9.17) is 0 Å². The van der Waals surface area contributed by atoms with Gasteiger partial charge in [0.2, 0.25) is 0 Å². The lowest BCUT2D eigenvalue weighted by Crippen LogP contribution is -2.19. The minimum absolute atomic E-state index is 0.0831. The molecule has 2 heterocycles. The first-order valence-corrected chi connectivity index (χ1v) is 5.36. The monoisotopic (exact) mass is 210 g/mol. The molecule has 5 nitrogen and oxygen atoms in total. The zero-order valence-electron chi connectivity index (χ0n) is 8.16. The zero-order valence-corrected chi connectivity index (χ0v) is 8.97. The van der Waals surface area contributed by atoms with Crippen LogP contribution in [0.4, 0.5) is 0 Å². The van der Waals surface area contributed by atoms with Crippen LogP contribution in [0.3, 0.4) is 0 Å². The van der Waals surface area contributed by atoms with Gasteiger partial charge in [-0.15, -0.1) is 0 Å². The quantitative estimate of drug-likeness (QED) is 0.706. The minimum atomic E-state index is -0.0831. The van der Waals surface area contributed by atoms with Crippen LogP contribution >= 0.6 is 11.8 Å². The lowest BCUT2D eigenvalue weighted by molar-refractivity contribution is 0.835. The maximum absolute atomic E-state index is 11.7. The molecular weight excluding hydrogens is 200 g/mol. The highest BCUT2D eigenvalue weighted by Crippen LogP contribution is 2.08. The molecule has 14 heavy (non-hydrogen) atoms. The van der Waals surface area contributed by atoms with Gasteiger partial charge in [-0.2, -0.15) is 9.50 Å². The fourth-order valence-electron chi connectivity index (χ4n) is 1.18. The predicted octanol–water partition coefficient (Wildman–Crippen LogP) is 0.756. The second kappa shape index (κ2) is 3.13. The second-order valence-corrected chi connectivity index (χ2v) is 3.79. The summed E-state index contributed by atoms with van der Waals surface area (Å²) in [5.74, 6) is 0.433. The largest absolute Gasteiger partial charge is 0.277 e. The summed E-state index contributed by atoms with van der Waals surface area (Å²) in [6.45, 7) is 3.57. The van der Waals surface area contributed by atoms with Crippen molar-refractivity contribution < 1.29 is 0 Å². The first kappa shape index (κ1) is 9.26. The Kier molecular flexibility index (Phi) is 2.07. The smallest absolute Gasteiger partial charge is 0.267 e. The molecule has 0 unspecified atom stereocenters. The fourth-order valence-corrected chi connectivity index (χ4v) is 1.53. The Morgan fingerprint density at radius 2 is 2.07 bits per heavy atom. The van der Waals surface area contributed by atoms with Crippen LogP contribution in [-0.2, 0) is 0 Å². The number of aromatic nitrogens is 4. The van der Waals surface area contributed by atoms with E-state index in [1.54, 1.807) is 6.92 Å². The molecule has 1 N–H and O–H groups in total. The van der Waals surface area contributed by atoms with Crippen LogP contribution < -0.4 is 5.56 Å². The summed E-state index contributed by atoms with van der Waals surface area (Å²) in [6.07, 6.45) is 1.89. The Labute approximate surface area is 84.6 Å². The molecule has 0 spiro atoms. The summed E-state index contributed by atoms with van der Waals surface area (Å²) >= 11 is 1.45. The Morgan fingerprint density at radius 1 is 1.36 bits per heavy atom. The van der Waals surface area contributed by atoms with Crippen molar-refractivity contribution >= 4 is 17.5 Å². The van der Waals surface area contributed by atoms with Gasteiger partial charge in [-0.3, -0.25) is 9.89 Å². The van der Waals surface area contributed by atoms with Crippen LogP contribution in [0.5, 0.6) is 0 Å².